The van der Waals surface area contributed by atoms with Crippen LogP contribution in [0.1, 0.15) is 12.8 Å². The van der Waals surface area contributed by atoms with E-state index in [0.717, 1.165) is 5.69 Å². The smallest absolute Gasteiger partial charge is 0.315 e. The quantitative estimate of drug-likeness (QED) is 0.457. The number of hydrogen-bond acceptors (Lipinski definition) is 7. The average molecular weight is 386 g/mol. The van der Waals surface area contributed by atoms with Gasteiger partial charge in [-0.05, 0) is 18.6 Å². The zero-order valence-corrected chi connectivity index (χ0v) is 15.4. The van der Waals surface area contributed by atoms with E-state index in [1.54, 1.807) is 11.2 Å². The van der Waals surface area contributed by atoms with Gasteiger partial charge in [-0.15, -0.1) is 0 Å². The minimum absolute atomic E-state index is 0.0699. The first-order valence-electron chi connectivity index (χ1n) is 8.93. The average Bonchev–Trinajstić information content (AvgIpc) is 3.14. The minimum atomic E-state index is -0.476. The predicted molar refractivity (Wildman–Crippen MR) is 103 cm³/mol. The maximum atomic E-state index is 12.3. The molecule has 0 spiro atoms. The topological polar surface area (TPSA) is 124 Å². The first kappa shape index (κ1) is 19.3. The van der Waals surface area contributed by atoms with Gasteiger partial charge in [0.25, 0.3) is 0 Å². The van der Waals surface area contributed by atoms with Crippen molar-refractivity contribution in [3.8, 4) is 0 Å². The predicted octanol–water partition coefficient (Wildman–Crippen LogP) is 0.215. The van der Waals surface area contributed by atoms with Crippen molar-refractivity contribution in [1.82, 2.24) is 16.0 Å². The molecule has 2 aliphatic heterocycles. The van der Waals surface area contributed by atoms with Crippen LogP contribution in [0, 0.1) is 5.92 Å². The van der Waals surface area contributed by atoms with Gasteiger partial charge in [-0.25, -0.2) is 14.8 Å². The Labute approximate surface area is 162 Å². The van der Waals surface area contributed by atoms with E-state index in [4.69, 9.17) is 0 Å². The zero-order chi connectivity index (χ0) is 19.9. The molecule has 3 N–H and O–H groups in total. The highest BCUT2D eigenvalue weighted by molar-refractivity contribution is 6.09. The molecule has 28 heavy (non-hydrogen) atoms. The van der Waals surface area contributed by atoms with Crippen molar-refractivity contribution in [3.05, 3.63) is 30.3 Å². The van der Waals surface area contributed by atoms with Crippen LogP contribution in [0.3, 0.4) is 0 Å². The van der Waals surface area contributed by atoms with Crippen molar-refractivity contribution in [3.63, 3.8) is 0 Å². The highest BCUT2D eigenvalue weighted by atomic mass is 16.5. The summed E-state index contributed by atoms with van der Waals surface area (Å²) in [5.41, 5.74) is 0.834. The van der Waals surface area contributed by atoms with Gasteiger partial charge in [-0.3, -0.25) is 9.59 Å². The molecule has 10 heteroatoms. The van der Waals surface area contributed by atoms with E-state index < -0.39 is 18.1 Å². The van der Waals surface area contributed by atoms with Crippen LogP contribution in [0.5, 0.6) is 0 Å². The van der Waals surface area contributed by atoms with E-state index in [9.17, 15) is 14.4 Å². The Kier molecular flexibility index (Phi) is 6.20. The molecule has 2 heterocycles. The van der Waals surface area contributed by atoms with Crippen LogP contribution in [-0.2, 0) is 14.3 Å². The fraction of sp³-hybridized carbons (Fsp3) is 0.389. The first-order chi connectivity index (χ1) is 13.6. The van der Waals surface area contributed by atoms with E-state index in [1.807, 2.05) is 30.3 Å². The second-order valence-electron chi connectivity index (χ2n) is 6.24. The third kappa shape index (κ3) is 4.64. The number of esters is 1. The number of hydrazone groups is 1. The van der Waals surface area contributed by atoms with Gasteiger partial charge in [-0.2, -0.15) is 5.10 Å². The lowest BCUT2D eigenvalue weighted by Crippen LogP contribution is -2.52. The number of benzene rings is 1. The molecule has 0 radical (unpaired) electrons. The standard InChI is InChI=1S/C18H22N6O4/c1-28-15(25)8-5-9-19-18(27)20-11-14-22-16-13(17(26)23-14)10-21-24(16)12-6-3-2-4-7-12/h2-4,6-7,10,13,16H,5,8-9,11H2,1H3,(H2,19,20,27)(H,22,23,26)/t13-,16+/m0/s1. The van der Waals surface area contributed by atoms with Gasteiger partial charge in [0, 0.05) is 19.2 Å². The largest absolute Gasteiger partial charge is 0.469 e. The van der Waals surface area contributed by atoms with Crippen molar-refractivity contribution in [1.29, 1.82) is 0 Å². The maximum absolute atomic E-state index is 12.3. The number of urea groups is 1. The van der Waals surface area contributed by atoms with Crippen LogP contribution in [0.15, 0.2) is 40.4 Å². The summed E-state index contributed by atoms with van der Waals surface area (Å²) < 4.78 is 4.53. The maximum Gasteiger partial charge on any atom is 0.315 e. The van der Waals surface area contributed by atoms with Crippen molar-refractivity contribution in [2.75, 3.05) is 25.2 Å². The molecule has 2 aliphatic rings. The van der Waals surface area contributed by atoms with Gasteiger partial charge in [0.15, 0.2) is 6.17 Å². The lowest BCUT2D eigenvalue weighted by molar-refractivity contribution is -0.140. The molecule has 148 valence electrons. The van der Waals surface area contributed by atoms with Crippen molar-refractivity contribution < 1.29 is 19.1 Å². The number of hydrogen-bond donors (Lipinski definition) is 3. The molecule has 0 aliphatic carbocycles. The molecular formula is C18H22N6O4. The number of ether oxygens (including phenoxy) is 1. The van der Waals surface area contributed by atoms with Crippen LogP contribution < -0.4 is 21.0 Å². The summed E-state index contributed by atoms with van der Waals surface area (Å²) in [5, 5.41) is 14.0. The second kappa shape index (κ2) is 8.98. The van der Waals surface area contributed by atoms with Gasteiger partial charge >= 0.3 is 12.0 Å². The lowest BCUT2D eigenvalue weighted by Gasteiger charge is -2.28. The van der Waals surface area contributed by atoms with Crippen LogP contribution in [0.4, 0.5) is 10.5 Å². The third-order valence-electron chi connectivity index (χ3n) is 4.29. The number of fused-ring (bicyclic) bond motifs is 1. The molecule has 0 bridgehead atoms. The summed E-state index contributed by atoms with van der Waals surface area (Å²) >= 11 is 0. The molecule has 3 rings (SSSR count). The van der Waals surface area contributed by atoms with Crippen molar-refractivity contribution in [2.24, 2.45) is 16.0 Å². The first-order valence-corrected chi connectivity index (χ1v) is 8.93. The molecular weight excluding hydrogens is 364 g/mol. The van der Waals surface area contributed by atoms with Crippen LogP contribution in [0.25, 0.3) is 0 Å². The number of nitrogens with zero attached hydrogens (tertiary/aromatic N) is 3. The molecule has 2 atom stereocenters. The van der Waals surface area contributed by atoms with E-state index in [2.05, 4.69) is 30.8 Å². The Balaban J connectivity index is 1.52. The Morgan fingerprint density at radius 3 is 2.79 bits per heavy atom. The summed E-state index contributed by atoms with van der Waals surface area (Å²) in [6.45, 7) is 0.403. The number of carbonyl (C=O) groups is 3. The van der Waals surface area contributed by atoms with Gasteiger partial charge < -0.3 is 20.7 Å². The summed E-state index contributed by atoms with van der Waals surface area (Å²) in [6.07, 6.45) is 1.81. The Bertz CT molecular complexity index is 795. The summed E-state index contributed by atoms with van der Waals surface area (Å²) in [5.74, 6) is -0.645. The number of aliphatic imine (C=N–C) groups is 1. The molecule has 0 saturated heterocycles. The highest BCUT2D eigenvalue weighted by Crippen LogP contribution is 2.27. The third-order valence-corrected chi connectivity index (χ3v) is 4.29. The Hall–Kier alpha value is -3.43. The van der Waals surface area contributed by atoms with E-state index in [-0.39, 0.29) is 24.8 Å². The van der Waals surface area contributed by atoms with Crippen LogP contribution >= 0.6 is 0 Å². The van der Waals surface area contributed by atoms with Gasteiger partial charge in [0.1, 0.15) is 11.8 Å². The zero-order valence-electron chi connectivity index (χ0n) is 15.4. The van der Waals surface area contributed by atoms with Crippen LogP contribution in [-0.4, -0.2) is 56.3 Å². The van der Waals surface area contributed by atoms with E-state index in [1.165, 1.54) is 7.11 Å². The number of rotatable bonds is 7. The Morgan fingerprint density at radius 2 is 2.04 bits per heavy atom. The Morgan fingerprint density at radius 1 is 1.25 bits per heavy atom. The van der Waals surface area contributed by atoms with E-state index >= 15 is 0 Å². The minimum Gasteiger partial charge on any atom is -0.469 e. The normalized spacial score (nSPS) is 20.1. The molecule has 1 aromatic rings. The second-order valence-corrected chi connectivity index (χ2v) is 6.24. The van der Waals surface area contributed by atoms with E-state index in [0.29, 0.717) is 18.8 Å². The van der Waals surface area contributed by atoms with Crippen molar-refractivity contribution in [2.45, 2.75) is 19.0 Å². The summed E-state index contributed by atoms with van der Waals surface area (Å²) in [7, 11) is 1.32. The molecule has 1 aromatic carbocycles. The van der Waals surface area contributed by atoms with Gasteiger partial charge in [0.05, 0.1) is 19.3 Å². The number of para-hydroxylation sites is 1. The number of carbonyl (C=O) groups excluding carboxylic acids is 3. The van der Waals surface area contributed by atoms with Gasteiger partial charge in [-0.1, -0.05) is 18.2 Å². The molecule has 0 fully saturated rings. The number of methoxy groups -OCH3 is 1. The fourth-order valence-corrected chi connectivity index (χ4v) is 2.85. The van der Waals surface area contributed by atoms with Gasteiger partial charge in [0.2, 0.25) is 5.91 Å². The molecule has 0 unspecified atom stereocenters. The van der Waals surface area contributed by atoms with Crippen LogP contribution in [0.2, 0.25) is 0 Å². The molecule has 3 amide bonds. The number of anilines is 1. The molecule has 0 saturated carbocycles. The SMILES string of the molecule is COC(=O)CCCNC(=O)NCC1=N[C@H]2[C@H](C=NN2c2ccccc2)C(=O)N1. The molecule has 10 nitrogen and oxygen atoms in total. The summed E-state index contributed by atoms with van der Waals surface area (Å²) in [4.78, 5) is 39.7. The summed E-state index contributed by atoms with van der Waals surface area (Å²) in [6, 6.07) is 9.04. The van der Waals surface area contributed by atoms with Crippen molar-refractivity contribution >= 4 is 35.6 Å². The highest BCUT2D eigenvalue weighted by Gasteiger charge is 2.40. The number of amides is 3. The monoisotopic (exact) mass is 386 g/mol. The fourth-order valence-electron chi connectivity index (χ4n) is 2.85. The number of nitrogens with one attached hydrogen (secondary N) is 3. The number of amidine groups is 1. The molecule has 0 aromatic heterocycles. The lowest BCUT2D eigenvalue weighted by atomic mass is 10.1.